The number of aromatic nitrogens is 5. The van der Waals surface area contributed by atoms with Crippen LogP contribution >= 0.6 is 11.5 Å². The van der Waals surface area contributed by atoms with E-state index in [-0.39, 0.29) is 5.69 Å². The SMILES string of the molecule is Cc1ccc(Nc2nc(-c3nnn(-c4cc(F)ccc4F)c3C)ns2)cc1C. The lowest BCUT2D eigenvalue weighted by atomic mass is 10.1. The Bertz CT molecular complexity index is 1170. The summed E-state index contributed by atoms with van der Waals surface area (Å²) >= 11 is 1.19. The molecular formula is C19H16F2N6S. The Morgan fingerprint density at radius 1 is 1.00 bits per heavy atom. The number of anilines is 2. The molecule has 0 fully saturated rings. The highest BCUT2D eigenvalue weighted by Crippen LogP contribution is 2.27. The van der Waals surface area contributed by atoms with Crippen LogP contribution in [0.4, 0.5) is 19.6 Å². The van der Waals surface area contributed by atoms with E-state index >= 15 is 0 Å². The van der Waals surface area contributed by atoms with Crippen molar-refractivity contribution < 1.29 is 8.78 Å². The number of nitrogens with one attached hydrogen (secondary N) is 1. The fraction of sp³-hybridized carbons (Fsp3) is 0.158. The fourth-order valence-electron chi connectivity index (χ4n) is 2.73. The summed E-state index contributed by atoms with van der Waals surface area (Å²) in [5.74, 6) is -0.777. The van der Waals surface area contributed by atoms with E-state index < -0.39 is 11.6 Å². The molecule has 1 N–H and O–H groups in total. The predicted octanol–water partition coefficient (Wildman–Crippen LogP) is 4.73. The monoisotopic (exact) mass is 398 g/mol. The fourth-order valence-corrected chi connectivity index (χ4v) is 3.32. The van der Waals surface area contributed by atoms with Crippen molar-refractivity contribution >= 4 is 22.4 Å². The summed E-state index contributed by atoms with van der Waals surface area (Å²) in [6.07, 6.45) is 0. The molecule has 2 aromatic heterocycles. The quantitative estimate of drug-likeness (QED) is 0.538. The van der Waals surface area contributed by atoms with Crippen molar-refractivity contribution in [1.29, 1.82) is 0 Å². The van der Waals surface area contributed by atoms with E-state index in [1.54, 1.807) is 6.92 Å². The van der Waals surface area contributed by atoms with Crippen molar-refractivity contribution in [1.82, 2.24) is 24.4 Å². The lowest BCUT2D eigenvalue weighted by molar-refractivity contribution is 0.582. The third-order valence-electron chi connectivity index (χ3n) is 4.43. The van der Waals surface area contributed by atoms with Gasteiger partial charge in [-0.15, -0.1) is 5.10 Å². The predicted molar refractivity (Wildman–Crippen MR) is 104 cm³/mol. The minimum absolute atomic E-state index is 0.0139. The van der Waals surface area contributed by atoms with Crippen LogP contribution in [0, 0.1) is 32.4 Å². The molecule has 0 radical (unpaired) electrons. The van der Waals surface area contributed by atoms with Gasteiger partial charge in [0.25, 0.3) is 0 Å². The Hall–Kier alpha value is -3.20. The van der Waals surface area contributed by atoms with Gasteiger partial charge in [-0.25, -0.2) is 13.5 Å². The zero-order valence-electron chi connectivity index (χ0n) is 15.4. The van der Waals surface area contributed by atoms with Crippen molar-refractivity contribution in [2.75, 3.05) is 5.32 Å². The third kappa shape index (κ3) is 3.36. The highest BCUT2D eigenvalue weighted by molar-refractivity contribution is 7.09. The lowest BCUT2D eigenvalue weighted by Crippen LogP contribution is -2.03. The number of halogens is 2. The van der Waals surface area contributed by atoms with Gasteiger partial charge in [-0.1, -0.05) is 11.3 Å². The largest absolute Gasteiger partial charge is 0.330 e. The van der Waals surface area contributed by atoms with Crippen LogP contribution in [0.2, 0.25) is 0 Å². The van der Waals surface area contributed by atoms with E-state index in [2.05, 4.69) is 31.9 Å². The van der Waals surface area contributed by atoms with Crippen LogP contribution in [-0.2, 0) is 0 Å². The molecule has 142 valence electrons. The molecule has 0 atom stereocenters. The Labute approximate surface area is 164 Å². The number of hydrogen-bond donors (Lipinski definition) is 1. The minimum Gasteiger partial charge on any atom is -0.330 e. The van der Waals surface area contributed by atoms with Crippen molar-refractivity contribution in [3.63, 3.8) is 0 Å². The van der Waals surface area contributed by atoms with Crippen molar-refractivity contribution in [3.8, 4) is 17.2 Å². The normalized spacial score (nSPS) is 11.0. The summed E-state index contributed by atoms with van der Waals surface area (Å²) in [7, 11) is 0. The summed E-state index contributed by atoms with van der Waals surface area (Å²) < 4.78 is 33.1. The first-order chi connectivity index (χ1) is 13.4. The molecule has 0 aliphatic heterocycles. The van der Waals surface area contributed by atoms with E-state index in [4.69, 9.17) is 0 Å². The molecule has 0 saturated heterocycles. The molecule has 0 amide bonds. The lowest BCUT2D eigenvalue weighted by Gasteiger charge is -2.05. The zero-order chi connectivity index (χ0) is 19.8. The van der Waals surface area contributed by atoms with Crippen LogP contribution in [0.5, 0.6) is 0 Å². The second kappa shape index (κ2) is 7.08. The summed E-state index contributed by atoms with van der Waals surface area (Å²) in [5, 5.41) is 11.8. The molecule has 0 aliphatic rings. The summed E-state index contributed by atoms with van der Waals surface area (Å²) in [6.45, 7) is 5.80. The first-order valence-electron chi connectivity index (χ1n) is 8.48. The van der Waals surface area contributed by atoms with Crippen LogP contribution < -0.4 is 5.32 Å². The Balaban J connectivity index is 1.63. The van der Waals surface area contributed by atoms with Gasteiger partial charge >= 0.3 is 0 Å². The second-order valence-electron chi connectivity index (χ2n) is 6.38. The van der Waals surface area contributed by atoms with Gasteiger partial charge in [0.2, 0.25) is 5.13 Å². The molecule has 28 heavy (non-hydrogen) atoms. The molecule has 0 unspecified atom stereocenters. The van der Waals surface area contributed by atoms with Gasteiger partial charge in [0.05, 0.1) is 5.69 Å². The third-order valence-corrected chi connectivity index (χ3v) is 5.06. The van der Waals surface area contributed by atoms with Gasteiger partial charge in [0, 0.05) is 23.3 Å². The zero-order valence-corrected chi connectivity index (χ0v) is 16.2. The topological polar surface area (TPSA) is 68.5 Å². The maximum absolute atomic E-state index is 14.1. The van der Waals surface area contributed by atoms with Crippen LogP contribution in [0.1, 0.15) is 16.8 Å². The number of benzene rings is 2. The molecule has 4 rings (SSSR count). The smallest absolute Gasteiger partial charge is 0.207 e. The van der Waals surface area contributed by atoms with Gasteiger partial charge in [-0.3, -0.25) is 0 Å². The molecular weight excluding hydrogens is 382 g/mol. The standard InChI is InChI=1S/C19H16F2N6S/c1-10-4-6-14(8-11(10)2)22-19-23-18(25-28-19)17-12(3)27(26-24-17)16-9-13(20)5-7-15(16)21/h4-9H,1-3H3,(H,22,23,25). The van der Waals surface area contributed by atoms with Gasteiger partial charge in [-0.2, -0.15) is 9.36 Å². The molecule has 0 spiro atoms. The van der Waals surface area contributed by atoms with Gasteiger partial charge in [0.15, 0.2) is 11.5 Å². The van der Waals surface area contributed by atoms with E-state index in [0.717, 1.165) is 23.9 Å². The van der Waals surface area contributed by atoms with Crippen LogP contribution in [-0.4, -0.2) is 24.4 Å². The van der Waals surface area contributed by atoms with Crippen LogP contribution in [0.3, 0.4) is 0 Å². The van der Waals surface area contributed by atoms with E-state index in [1.165, 1.54) is 27.3 Å². The van der Waals surface area contributed by atoms with E-state index in [1.807, 2.05) is 25.1 Å². The van der Waals surface area contributed by atoms with E-state index in [9.17, 15) is 8.78 Å². The number of aryl methyl sites for hydroxylation is 2. The van der Waals surface area contributed by atoms with Crippen molar-refractivity contribution in [2.45, 2.75) is 20.8 Å². The Morgan fingerprint density at radius 2 is 1.82 bits per heavy atom. The molecule has 0 saturated carbocycles. The van der Waals surface area contributed by atoms with Crippen LogP contribution in [0.15, 0.2) is 36.4 Å². The van der Waals surface area contributed by atoms with Gasteiger partial charge < -0.3 is 5.32 Å². The van der Waals surface area contributed by atoms with Crippen molar-refractivity contribution in [2.24, 2.45) is 0 Å². The average molecular weight is 398 g/mol. The van der Waals surface area contributed by atoms with E-state index in [0.29, 0.717) is 22.3 Å². The minimum atomic E-state index is -0.593. The molecule has 2 heterocycles. The highest BCUT2D eigenvalue weighted by atomic mass is 32.1. The summed E-state index contributed by atoms with van der Waals surface area (Å²) in [5.41, 5.74) is 4.20. The highest BCUT2D eigenvalue weighted by Gasteiger charge is 2.19. The van der Waals surface area contributed by atoms with Crippen LogP contribution in [0.25, 0.3) is 17.2 Å². The molecule has 0 bridgehead atoms. The first-order valence-corrected chi connectivity index (χ1v) is 9.26. The number of hydrogen-bond acceptors (Lipinski definition) is 6. The number of rotatable bonds is 4. The first kappa shape index (κ1) is 18.2. The summed E-state index contributed by atoms with van der Waals surface area (Å²) in [6, 6.07) is 9.21. The molecule has 4 aromatic rings. The summed E-state index contributed by atoms with van der Waals surface area (Å²) in [4.78, 5) is 4.45. The van der Waals surface area contributed by atoms with Crippen molar-refractivity contribution in [3.05, 3.63) is 64.9 Å². The van der Waals surface area contributed by atoms with Gasteiger partial charge in [0.1, 0.15) is 17.3 Å². The Morgan fingerprint density at radius 3 is 2.61 bits per heavy atom. The molecule has 6 nitrogen and oxygen atoms in total. The average Bonchev–Trinajstić information content (AvgIpc) is 3.27. The Kier molecular flexibility index (Phi) is 4.60. The molecule has 9 heteroatoms. The molecule has 0 aliphatic carbocycles. The number of nitrogens with zero attached hydrogens (tertiary/aromatic N) is 5. The maximum Gasteiger partial charge on any atom is 0.207 e. The molecule has 2 aromatic carbocycles. The second-order valence-corrected chi connectivity index (χ2v) is 7.13. The maximum atomic E-state index is 14.1. The van der Waals surface area contributed by atoms with Gasteiger partial charge in [-0.05, 0) is 56.2 Å².